The molecule has 1 N–H and O–H groups in total. The molecule has 1 atom stereocenters. The molecule has 0 aromatic heterocycles. The molecule has 25 heavy (non-hydrogen) atoms. The summed E-state index contributed by atoms with van der Waals surface area (Å²) >= 11 is 0. The molecule has 7 heteroatoms. The molecule has 3 aliphatic heterocycles. The van der Waals surface area contributed by atoms with Crippen molar-refractivity contribution in [3.05, 3.63) is 0 Å². The third-order valence-corrected chi connectivity index (χ3v) is 5.87. The number of hydrogen-bond donors (Lipinski definition) is 1. The number of likely N-dealkylation sites (N-methyl/N-ethyl adjacent to an activating group) is 1. The highest BCUT2D eigenvalue weighted by molar-refractivity contribution is 5.80. The van der Waals surface area contributed by atoms with E-state index in [1.807, 2.05) is 9.80 Å². The van der Waals surface area contributed by atoms with Crippen molar-refractivity contribution >= 4 is 11.8 Å². The maximum Gasteiger partial charge on any atom is 0.236 e. The van der Waals surface area contributed by atoms with E-state index in [-0.39, 0.29) is 17.9 Å². The first-order valence-electron chi connectivity index (χ1n) is 9.90. The van der Waals surface area contributed by atoms with Crippen molar-refractivity contribution in [1.82, 2.24) is 24.9 Å². The second-order valence-electron chi connectivity index (χ2n) is 7.43. The lowest BCUT2D eigenvalue weighted by Crippen LogP contribution is -2.57. The molecular weight excluding hydrogens is 318 g/mol. The number of amides is 2. The Hall–Kier alpha value is -1.18. The third kappa shape index (κ3) is 4.92. The Labute approximate surface area is 151 Å². The Morgan fingerprint density at radius 3 is 2.60 bits per heavy atom. The first kappa shape index (κ1) is 18.6. The fourth-order valence-electron chi connectivity index (χ4n) is 4.18. The van der Waals surface area contributed by atoms with Crippen molar-refractivity contribution in [2.45, 2.75) is 32.2 Å². The maximum atomic E-state index is 12.6. The quantitative estimate of drug-likeness (QED) is 0.719. The van der Waals surface area contributed by atoms with Gasteiger partial charge in [0.1, 0.15) is 0 Å². The SMILES string of the molecule is CCN1CCN(CCC(=O)N2CCCC(N3CCNCC3=O)C2)CC1. The van der Waals surface area contributed by atoms with Crippen LogP contribution < -0.4 is 5.32 Å². The molecule has 0 aliphatic carbocycles. The molecule has 3 aliphatic rings. The number of nitrogens with one attached hydrogen (secondary N) is 1. The molecule has 0 spiro atoms. The molecule has 0 aromatic rings. The van der Waals surface area contributed by atoms with Gasteiger partial charge in [0, 0.05) is 71.4 Å². The van der Waals surface area contributed by atoms with Crippen molar-refractivity contribution in [2.75, 3.05) is 72.0 Å². The Balaban J connectivity index is 1.43. The van der Waals surface area contributed by atoms with Crippen molar-refractivity contribution in [3.8, 4) is 0 Å². The zero-order valence-corrected chi connectivity index (χ0v) is 15.6. The monoisotopic (exact) mass is 351 g/mol. The van der Waals surface area contributed by atoms with Crippen LogP contribution >= 0.6 is 0 Å². The van der Waals surface area contributed by atoms with Crippen molar-refractivity contribution in [1.29, 1.82) is 0 Å². The molecule has 3 heterocycles. The van der Waals surface area contributed by atoms with Gasteiger partial charge < -0.3 is 24.9 Å². The number of piperazine rings is 2. The molecule has 3 rings (SSSR count). The average Bonchev–Trinajstić information content (AvgIpc) is 2.67. The lowest BCUT2D eigenvalue weighted by Gasteiger charge is -2.41. The summed E-state index contributed by atoms with van der Waals surface area (Å²) in [6, 6.07) is 0.209. The van der Waals surface area contributed by atoms with E-state index in [1.165, 1.54) is 0 Å². The number of likely N-dealkylation sites (tertiary alicyclic amines) is 1. The number of rotatable bonds is 5. The van der Waals surface area contributed by atoms with Crippen LogP contribution in [0.25, 0.3) is 0 Å². The van der Waals surface area contributed by atoms with E-state index in [1.54, 1.807) is 0 Å². The lowest BCUT2D eigenvalue weighted by molar-refractivity contribution is -0.140. The minimum Gasteiger partial charge on any atom is -0.341 e. The summed E-state index contributed by atoms with van der Waals surface area (Å²) in [7, 11) is 0. The number of hydrogen-bond acceptors (Lipinski definition) is 5. The maximum absolute atomic E-state index is 12.6. The van der Waals surface area contributed by atoms with E-state index in [0.717, 1.165) is 71.7 Å². The van der Waals surface area contributed by atoms with E-state index in [2.05, 4.69) is 22.0 Å². The highest BCUT2D eigenvalue weighted by atomic mass is 16.2. The van der Waals surface area contributed by atoms with Crippen LogP contribution in [0.1, 0.15) is 26.2 Å². The van der Waals surface area contributed by atoms with Gasteiger partial charge in [-0.25, -0.2) is 0 Å². The van der Waals surface area contributed by atoms with E-state index in [4.69, 9.17) is 0 Å². The van der Waals surface area contributed by atoms with Crippen LogP contribution in [-0.2, 0) is 9.59 Å². The van der Waals surface area contributed by atoms with Gasteiger partial charge in [-0.3, -0.25) is 9.59 Å². The molecule has 0 aromatic carbocycles. The topological polar surface area (TPSA) is 59.1 Å². The zero-order chi connectivity index (χ0) is 17.6. The molecular formula is C18H33N5O2. The minimum atomic E-state index is 0.180. The fraction of sp³-hybridized carbons (Fsp3) is 0.889. The number of carbonyl (C=O) groups excluding carboxylic acids is 2. The Morgan fingerprint density at radius 2 is 1.88 bits per heavy atom. The standard InChI is InChI=1S/C18H33N5O2/c1-2-20-10-12-21(13-11-20)8-5-17(24)22-7-3-4-16(15-22)23-9-6-19-14-18(23)25/h16,19H,2-15H2,1H3. The summed E-state index contributed by atoms with van der Waals surface area (Å²) in [5.41, 5.74) is 0. The van der Waals surface area contributed by atoms with Gasteiger partial charge >= 0.3 is 0 Å². The second kappa shape index (κ2) is 8.96. The van der Waals surface area contributed by atoms with E-state index < -0.39 is 0 Å². The van der Waals surface area contributed by atoms with Gasteiger partial charge in [0.2, 0.25) is 11.8 Å². The van der Waals surface area contributed by atoms with Crippen molar-refractivity contribution < 1.29 is 9.59 Å². The van der Waals surface area contributed by atoms with E-state index >= 15 is 0 Å². The Morgan fingerprint density at radius 1 is 1.12 bits per heavy atom. The van der Waals surface area contributed by atoms with Crippen molar-refractivity contribution in [3.63, 3.8) is 0 Å². The predicted octanol–water partition coefficient (Wildman–Crippen LogP) is -0.563. The molecule has 0 bridgehead atoms. The van der Waals surface area contributed by atoms with Crippen LogP contribution in [0, 0.1) is 0 Å². The van der Waals surface area contributed by atoms with Crippen LogP contribution in [0.15, 0.2) is 0 Å². The molecule has 3 fully saturated rings. The van der Waals surface area contributed by atoms with Gasteiger partial charge in [-0.1, -0.05) is 6.92 Å². The van der Waals surface area contributed by atoms with Crippen LogP contribution in [0.4, 0.5) is 0 Å². The van der Waals surface area contributed by atoms with Gasteiger partial charge in [-0.2, -0.15) is 0 Å². The first-order valence-corrected chi connectivity index (χ1v) is 9.90. The van der Waals surface area contributed by atoms with Crippen molar-refractivity contribution in [2.24, 2.45) is 0 Å². The highest BCUT2D eigenvalue weighted by Gasteiger charge is 2.31. The molecule has 0 radical (unpaired) electrons. The van der Waals surface area contributed by atoms with E-state index in [9.17, 15) is 9.59 Å². The third-order valence-electron chi connectivity index (χ3n) is 5.87. The molecule has 3 saturated heterocycles. The summed E-state index contributed by atoms with van der Waals surface area (Å²) in [6.07, 6.45) is 2.63. The zero-order valence-electron chi connectivity index (χ0n) is 15.6. The highest BCUT2D eigenvalue weighted by Crippen LogP contribution is 2.18. The number of carbonyl (C=O) groups is 2. The van der Waals surface area contributed by atoms with Gasteiger partial charge in [0.15, 0.2) is 0 Å². The second-order valence-corrected chi connectivity index (χ2v) is 7.43. The summed E-state index contributed by atoms with van der Waals surface area (Å²) in [5, 5.41) is 3.12. The van der Waals surface area contributed by atoms with Gasteiger partial charge in [0.25, 0.3) is 0 Å². The van der Waals surface area contributed by atoms with Crippen LogP contribution in [0.3, 0.4) is 0 Å². The molecule has 7 nitrogen and oxygen atoms in total. The first-order chi connectivity index (χ1) is 12.2. The summed E-state index contributed by atoms with van der Waals surface area (Å²) < 4.78 is 0. The molecule has 142 valence electrons. The number of nitrogens with zero attached hydrogens (tertiary/aromatic N) is 4. The lowest BCUT2D eigenvalue weighted by atomic mass is 10.0. The summed E-state index contributed by atoms with van der Waals surface area (Å²) in [6.45, 7) is 12.2. The minimum absolute atomic E-state index is 0.180. The molecule has 0 saturated carbocycles. The molecule has 1 unspecified atom stereocenters. The summed E-state index contributed by atoms with van der Waals surface area (Å²) in [4.78, 5) is 33.6. The Kier molecular flexibility index (Phi) is 6.67. The van der Waals surface area contributed by atoms with E-state index in [0.29, 0.717) is 19.5 Å². The summed E-state index contributed by atoms with van der Waals surface area (Å²) in [5.74, 6) is 0.435. The molecule has 2 amide bonds. The van der Waals surface area contributed by atoms with Gasteiger partial charge in [-0.15, -0.1) is 0 Å². The van der Waals surface area contributed by atoms with Gasteiger partial charge in [0.05, 0.1) is 6.54 Å². The Bertz CT molecular complexity index is 464. The van der Waals surface area contributed by atoms with Crippen LogP contribution in [-0.4, -0.2) is 109 Å². The average molecular weight is 351 g/mol. The fourth-order valence-corrected chi connectivity index (χ4v) is 4.18. The smallest absolute Gasteiger partial charge is 0.236 e. The van der Waals surface area contributed by atoms with Crippen LogP contribution in [0.2, 0.25) is 0 Å². The predicted molar refractivity (Wildman–Crippen MR) is 97.4 cm³/mol. The largest absolute Gasteiger partial charge is 0.341 e. The number of piperidine rings is 1. The van der Waals surface area contributed by atoms with Gasteiger partial charge in [-0.05, 0) is 19.4 Å². The van der Waals surface area contributed by atoms with Crippen LogP contribution in [0.5, 0.6) is 0 Å². The normalized spacial score (nSPS) is 26.9.